The lowest BCUT2D eigenvalue weighted by molar-refractivity contribution is -0.133. The van der Waals surface area contributed by atoms with Crippen molar-refractivity contribution in [2.24, 2.45) is 5.92 Å². The Bertz CT molecular complexity index is 257. The maximum Gasteiger partial charge on any atom is 0.242 e. The van der Waals surface area contributed by atoms with Gasteiger partial charge in [-0.05, 0) is 12.8 Å². The van der Waals surface area contributed by atoms with Crippen LogP contribution in [0.4, 0.5) is 0 Å². The Kier molecular flexibility index (Phi) is 3.20. The first-order valence-corrected chi connectivity index (χ1v) is 5.53. The number of hydrogen-bond donors (Lipinski definition) is 2. The van der Waals surface area contributed by atoms with Gasteiger partial charge in [-0.1, -0.05) is 0 Å². The molecule has 1 heterocycles. The molecule has 1 saturated heterocycles. The lowest BCUT2D eigenvalue weighted by Gasteiger charge is -2.27. The van der Waals surface area contributed by atoms with E-state index in [1.807, 2.05) is 0 Å². The van der Waals surface area contributed by atoms with Crippen molar-refractivity contribution >= 4 is 11.8 Å². The highest BCUT2D eigenvalue weighted by molar-refractivity contribution is 5.86. The van der Waals surface area contributed by atoms with Crippen molar-refractivity contribution < 1.29 is 9.59 Å². The topological polar surface area (TPSA) is 61.4 Å². The molecule has 1 aliphatic heterocycles. The van der Waals surface area contributed by atoms with Crippen molar-refractivity contribution in [2.45, 2.75) is 12.8 Å². The first-order chi connectivity index (χ1) is 7.27. The predicted octanol–water partition coefficient (Wildman–Crippen LogP) is -1.06. The number of nitrogens with zero attached hydrogens (tertiary/aromatic N) is 1. The lowest BCUT2D eigenvalue weighted by atomic mass is 10.3. The summed E-state index contributed by atoms with van der Waals surface area (Å²) < 4.78 is 0. The van der Waals surface area contributed by atoms with E-state index in [1.165, 1.54) is 0 Å². The van der Waals surface area contributed by atoms with E-state index in [0.29, 0.717) is 0 Å². The van der Waals surface area contributed by atoms with Gasteiger partial charge in [0, 0.05) is 32.1 Å². The number of piperazine rings is 1. The fourth-order valence-electron chi connectivity index (χ4n) is 1.68. The van der Waals surface area contributed by atoms with Gasteiger partial charge in [0.1, 0.15) is 0 Å². The van der Waals surface area contributed by atoms with Crippen LogP contribution in [0.25, 0.3) is 0 Å². The molecule has 5 heteroatoms. The Morgan fingerprint density at radius 3 is 2.53 bits per heavy atom. The number of nitrogens with one attached hydrogen (secondary N) is 2. The number of carbonyl (C=O) groups is 2. The summed E-state index contributed by atoms with van der Waals surface area (Å²) in [6, 6.07) is 0. The summed E-state index contributed by atoms with van der Waals surface area (Å²) >= 11 is 0. The molecule has 1 aliphatic carbocycles. The van der Waals surface area contributed by atoms with Gasteiger partial charge in [-0.3, -0.25) is 9.59 Å². The van der Waals surface area contributed by atoms with Gasteiger partial charge in [0.15, 0.2) is 0 Å². The normalized spacial score (nSPS) is 21.2. The van der Waals surface area contributed by atoms with Crippen molar-refractivity contribution in [3.8, 4) is 0 Å². The molecule has 0 atom stereocenters. The molecule has 0 spiro atoms. The highest BCUT2D eigenvalue weighted by Gasteiger charge is 2.30. The standard InChI is InChI=1S/C10H17N3O2/c14-9(13-5-3-11-4-6-13)7-12-10(15)8-1-2-8/h8,11H,1-7H2,(H,12,15). The minimum absolute atomic E-state index is 0.0329. The molecule has 2 N–H and O–H groups in total. The fourth-order valence-corrected chi connectivity index (χ4v) is 1.68. The average molecular weight is 211 g/mol. The van der Waals surface area contributed by atoms with Crippen molar-refractivity contribution in [1.82, 2.24) is 15.5 Å². The van der Waals surface area contributed by atoms with Crippen LogP contribution in [0.3, 0.4) is 0 Å². The van der Waals surface area contributed by atoms with Crippen LogP contribution in [0.5, 0.6) is 0 Å². The second-order valence-corrected chi connectivity index (χ2v) is 4.12. The Balaban J connectivity index is 1.68. The van der Waals surface area contributed by atoms with Crippen molar-refractivity contribution in [3.63, 3.8) is 0 Å². The van der Waals surface area contributed by atoms with Crippen molar-refractivity contribution in [3.05, 3.63) is 0 Å². The van der Waals surface area contributed by atoms with E-state index in [2.05, 4.69) is 10.6 Å². The molecule has 5 nitrogen and oxygen atoms in total. The molecule has 0 aromatic heterocycles. The molecule has 2 amide bonds. The first kappa shape index (κ1) is 10.4. The molecule has 15 heavy (non-hydrogen) atoms. The summed E-state index contributed by atoms with van der Waals surface area (Å²) in [5, 5.41) is 5.87. The Labute approximate surface area is 89.2 Å². The van der Waals surface area contributed by atoms with E-state index in [0.717, 1.165) is 39.0 Å². The van der Waals surface area contributed by atoms with Gasteiger partial charge >= 0.3 is 0 Å². The zero-order valence-electron chi connectivity index (χ0n) is 8.79. The zero-order chi connectivity index (χ0) is 10.7. The summed E-state index contributed by atoms with van der Waals surface area (Å²) in [5.74, 6) is 0.254. The van der Waals surface area contributed by atoms with Crippen LogP contribution in [0.1, 0.15) is 12.8 Å². The first-order valence-electron chi connectivity index (χ1n) is 5.53. The molecule has 0 bridgehead atoms. The third-order valence-corrected chi connectivity index (χ3v) is 2.83. The summed E-state index contributed by atoms with van der Waals surface area (Å²) in [7, 11) is 0. The van der Waals surface area contributed by atoms with Crippen molar-refractivity contribution in [2.75, 3.05) is 32.7 Å². The van der Waals surface area contributed by atoms with E-state index in [-0.39, 0.29) is 24.3 Å². The van der Waals surface area contributed by atoms with Crippen molar-refractivity contribution in [1.29, 1.82) is 0 Å². The number of carbonyl (C=O) groups excluding carboxylic acids is 2. The summed E-state index contributed by atoms with van der Waals surface area (Å²) in [6.07, 6.45) is 1.96. The van der Waals surface area contributed by atoms with Gasteiger partial charge in [0.05, 0.1) is 6.54 Å². The van der Waals surface area contributed by atoms with Crippen LogP contribution in [0, 0.1) is 5.92 Å². The maximum atomic E-state index is 11.6. The van der Waals surface area contributed by atoms with Gasteiger partial charge in [0.2, 0.25) is 11.8 Å². The van der Waals surface area contributed by atoms with Gasteiger partial charge in [-0.25, -0.2) is 0 Å². The monoisotopic (exact) mass is 211 g/mol. The second kappa shape index (κ2) is 4.61. The molecule has 0 radical (unpaired) electrons. The highest BCUT2D eigenvalue weighted by Crippen LogP contribution is 2.28. The van der Waals surface area contributed by atoms with Crippen LogP contribution >= 0.6 is 0 Å². The number of rotatable bonds is 3. The molecule has 2 rings (SSSR count). The molecule has 1 saturated carbocycles. The SMILES string of the molecule is O=C(NCC(=O)N1CCNCC1)C1CC1. The van der Waals surface area contributed by atoms with Gasteiger partial charge in [0.25, 0.3) is 0 Å². The van der Waals surface area contributed by atoms with E-state index in [9.17, 15) is 9.59 Å². The van der Waals surface area contributed by atoms with Crippen LogP contribution in [-0.4, -0.2) is 49.4 Å². The Hall–Kier alpha value is -1.10. The maximum absolute atomic E-state index is 11.6. The molecular weight excluding hydrogens is 194 g/mol. The third kappa shape index (κ3) is 2.92. The van der Waals surface area contributed by atoms with E-state index in [1.54, 1.807) is 4.90 Å². The lowest BCUT2D eigenvalue weighted by Crippen LogP contribution is -2.49. The minimum atomic E-state index is 0.0329. The van der Waals surface area contributed by atoms with E-state index < -0.39 is 0 Å². The molecule has 2 fully saturated rings. The molecule has 2 aliphatic rings. The quantitative estimate of drug-likeness (QED) is 0.626. The van der Waals surface area contributed by atoms with Gasteiger partial charge < -0.3 is 15.5 Å². The minimum Gasteiger partial charge on any atom is -0.347 e. The molecule has 0 aromatic rings. The Morgan fingerprint density at radius 2 is 1.93 bits per heavy atom. The summed E-state index contributed by atoms with van der Waals surface area (Å²) in [4.78, 5) is 24.7. The number of amides is 2. The molecule has 0 aromatic carbocycles. The third-order valence-electron chi connectivity index (χ3n) is 2.83. The molecule has 84 valence electrons. The van der Waals surface area contributed by atoms with Crippen LogP contribution in [0.2, 0.25) is 0 Å². The summed E-state index contributed by atoms with van der Waals surface area (Å²) in [6.45, 7) is 3.36. The fraction of sp³-hybridized carbons (Fsp3) is 0.800. The smallest absolute Gasteiger partial charge is 0.242 e. The Morgan fingerprint density at radius 1 is 1.27 bits per heavy atom. The zero-order valence-corrected chi connectivity index (χ0v) is 8.79. The van der Waals surface area contributed by atoms with Gasteiger partial charge in [-0.2, -0.15) is 0 Å². The average Bonchev–Trinajstić information content (AvgIpc) is 3.10. The summed E-state index contributed by atoms with van der Waals surface area (Å²) in [5.41, 5.74) is 0. The molecule has 0 unspecified atom stereocenters. The van der Waals surface area contributed by atoms with Crippen LogP contribution in [-0.2, 0) is 9.59 Å². The molecular formula is C10H17N3O2. The second-order valence-electron chi connectivity index (χ2n) is 4.12. The van der Waals surface area contributed by atoms with E-state index in [4.69, 9.17) is 0 Å². The van der Waals surface area contributed by atoms with Crippen LogP contribution < -0.4 is 10.6 Å². The van der Waals surface area contributed by atoms with Crippen LogP contribution in [0.15, 0.2) is 0 Å². The van der Waals surface area contributed by atoms with E-state index >= 15 is 0 Å². The number of hydrogen-bond acceptors (Lipinski definition) is 3. The van der Waals surface area contributed by atoms with Gasteiger partial charge in [-0.15, -0.1) is 0 Å². The highest BCUT2D eigenvalue weighted by atomic mass is 16.2. The predicted molar refractivity (Wildman–Crippen MR) is 55.2 cm³/mol. The largest absolute Gasteiger partial charge is 0.347 e.